The molecule has 3 heterocycles. The topological polar surface area (TPSA) is 186 Å². The Kier molecular flexibility index (Phi) is 8.07. The number of nitrogens with zero attached hydrogens (tertiary/aromatic N) is 3. The van der Waals surface area contributed by atoms with Crippen LogP contribution in [-0.4, -0.2) is 45.5 Å². The van der Waals surface area contributed by atoms with E-state index in [-0.39, 0.29) is 17.0 Å². The molecule has 4 rings (SSSR count). The molecule has 3 aromatic rings. The summed E-state index contributed by atoms with van der Waals surface area (Å²) in [5.41, 5.74) is -4.24. The molecule has 0 radical (unpaired) electrons. The van der Waals surface area contributed by atoms with Crippen LogP contribution in [0.4, 0.5) is 5.69 Å². The van der Waals surface area contributed by atoms with Gasteiger partial charge in [-0.2, -0.15) is 0 Å². The maximum atomic E-state index is 12.9. The van der Waals surface area contributed by atoms with Crippen molar-refractivity contribution in [2.45, 2.75) is 12.8 Å². The average Bonchev–Trinajstić information content (AvgIpc) is 2.86. The Labute approximate surface area is 204 Å². The fourth-order valence-electron chi connectivity index (χ4n) is 3.85. The Morgan fingerprint density at radius 3 is 2.28 bits per heavy atom. The van der Waals surface area contributed by atoms with Crippen LogP contribution in [0.2, 0.25) is 0 Å². The van der Waals surface area contributed by atoms with Crippen LogP contribution in [0.1, 0.15) is 28.4 Å². The quantitative estimate of drug-likeness (QED) is 0.326. The monoisotopic (exact) mass is 502 g/mol. The van der Waals surface area contributed by atoms with Crippen molar-refractivity contribution in [1.29, 1.82) is 0 Å². The largest absolute Gasteiger partial charge is 0.860 e. The van der Waals surface area contributed by atoms with Gasteiger partial charge in [0, 0.05) is 37.9 Å². The molecule has 1 aliphatic heterocycles. The third-order valence-electron chi connectivity index (χ3n) is 5.66. The number of rotatable bonds is 4. The highest BCUT2D eigenvalue weighted by atomic mass is 16.6. The predicted octanol–water partition coefficient (Wildman–Crippen LogP) is -1.21. The van der Waals surface area contributed by atoms with E-state index < -0.39 is 50.5 Å². The van der Waals surface area contributed by atoms with Gasteiger partial charge in [0.2, 0.25) is 0 Å². The maximum Gasteiger partial charge on any atom is 0.343 e. The lowest BCUT2D eigenvalue weighted by molar-refractivity contribution is -0.670. The number of nitrogens with two attached hydrogens (primary N) is 1. The van der Waals surface area contributed by atoms with Crippen LogP contribution in [0, 0.1) is 17.0 Å². The van der Waals surface area contributed by atoms with Crippen molar-refractivity contribution < 1.29 is 29.6 Å². The van der Waals surface area contributed by atoms with Gasteiger partial charge in [-0.05, 0) is 18.4 Å². The van der Waals surface area contributed by atoms with Gasteiger partial charge in [0.05, 0.1) is 42.7 Å². The van der Waals surface area contributed by atoms with E-state index in [0.717, 1.165) is 52.5 Å². The molecule has 0 saturated carbocycles. The van der Waals surface area contributed by atoms with Crippen molar-refractivity contribution in [3.8, 4) is 11.6 Å². The van der Waals surface area contributed by atoms with Crippen molar-refractivity contribution in [2.24, 2.45) is 14.1 Å². The summed E-state index contributed by atoms with van der Waals surface area (Å²) >= 11 is 0. The minimum absolute atomic E-state index is 0.0171. The number of aromatic hydroxyl groups is 1. The van der Waals surface area contributed by atoms with E-state index in [1.54, 1.807) is 0 Å². The van der Waals surface area contributed by atoms with E-state index in [1.165, 1.54) is 25.1 Å². The lowest BCUT2D eigenvalue weighted by Crippen LogP contribution is -2.87. The molecule has 0 amide bonds. The number of benzene rings is 1. The number of hydrogen-bond acceptors (Lipinski definition) is 9. The normalized spacial score (nSPS) is 14.0. The van der Waals surface area contributed by atoms with Crippen molar-refractivity contribution in [1.82, 2.24) is 9.13 Å². The minimum atomic E-state index is -1.51. The molecular weight excluding hydrogens is 476 g/mol. The highest BCUT2D eigenvalue weighted by Gasteiger charge is 2.30. The van der Waals surface area contributed by atoms with E-state index >= 15 is 0 Å². The van der Waals surface area contributed by atoms with E-state index in [0.29, 0.717) is 9.13 Å². The summed E-state index contributed by atoms with van der Waals surface area (Å²) in [5.74, 6) is -3.00. The van der Waals surface area contributed by atoms with E-state index in [2.05, 4.69) is 5.32 Å². The van der Waals surface area contributed by atoms with Crippen molar-refractivity contribution in [2.75, 3.05) is 26.3 Å². The zero-order chi connectivity index (χ0) is 26.6. The number of ether oxygens (including phenoxy) is 1. The molecule has 0 aliphatic carbocycles. The van der Waals surface area contributed by atoms with Gasteiger partial charge in [0.1, 0.15) is 11.5 Å². The summed E-state index contributed by atoms with van der Waals surface area (Å²) in [4.78, 5) is 48.1. The number of nitro groups is 1. The van der Waals surface area contributed by atoms with Gasteiger partial charge in [-0.15, -0.1) is 0 Å². The summed E-state index contributed by atoms with van der Waals surface area (Å²) in [7, 11) is 2.30. The summed E-state index contributed by atoms with van der Waals surface area (Å²) < 4.78 is 11.4. The summed E-state index contributed by atoms with van der Waals surface area (Å²) in [5, 5.41) is 36.8. The van der Waals surface area contributed by atoms with Gasteiger partial charge in [0.25, 0.3) is 11.2 Å². The Balaban J connectivity index is 0.000000526. The number of aromatic nitrogens is 2. The zero-order valence-electron chi connectivity index (χ0n) is 19.9. The number of morpholine rings is 1. The number of nitro benzene ring substituents is 1. The van der Waals surface area contributed by atoms with E-state index in [1.807, 2.05) is 0 Å². The second-order valence-electron chi connectivity index (χ2n) is 8.13. The number of hydrogen-bond donors (Lipinski definition) is 2. The van der Waals surface area contributed by atoms with Crippen LogP contribution in [0.5, 0.6) is 11.6 Å². The molecular formula is C23H26N4O9. The molecule has 13 nitrogen and oxygen atoms in total. The summed E-state index contributed by atoms with van der Waals surface area (Å²) in [6, 6.07) is 6.06. The fourth-order valence-corrected chi connectivity index (χ4v) is 3.85. The van der Waals surface area contributed by atoms with Crippen molar-refractivity contribution >= 4 is 5.69 Å². The Hall–Kier alpha value is -4.23. The molecule has 1 aliphatic rings. The van der Waals surface area contributed by atoms with Gasteiger partial charge in [0.15, 0.2) is 0 Å². The summed E-state index contributed by atoms with van der Waals surface area (Å²) in [6.07, 6.45) is 0. The number of quaternary nitrogens is 1. The molecule has 1 fully saturated rings. The highest BCUT2D eigenvalue weighted by molar-refractivity contribution is 5.51. The molecule has 36 heavy (non-hydrogen) atoms. The predicted molar refractivity (Wildman–Crippen MR) is 124 cm³/mol. The minimum Gasteiger partial charge on any atom is -0.860 e. The highest BCUT2D eigenvalue weighted by Crippen LogP contribution is 2.37. The fraction of sp³-hybridized carbons (Fsp3) is 0.348. The standard InChI is InChI=1S/C19H17N3O8.C4H9NO/c1-9-7-12(23)14(18(26)30-9)13(10-5-4-6-11(8-10)22(28)29)15-16(24)20(2)19(27)21(3)17(15)25;1-3-6-4-2-5-1/h4-8,13,23-24H,1-3H3;5H,1-4H2. The van der Waals surface area contributed by atoms with Gasteiger partial charge in [-0.3, -0.25) is 19.5 Å². The number of non-ortho nitro benzene ring substituents is 1. The Morgan fingerprint density at radius 1 is 1.08 bits per heavy atom. The molecule has 1 atom stereocenters. The lowest BCUT2D eigenvalue weighted by atomic mass is 9.86. The maximum absolute atomic E-state index is 12.9. The van der Waals surface area contributed by atoms with Gasteiger partial charge in [-0.25, -0.2) is 9.59 Å². The first-order valence-electron chi connectivity index (χ1n) is 11.0. The molecule has 2 aromatic heterocycles. The number of aryl methyl sites for hydroxylation is 1. The van der Waals surface area contributed by atoms with Gasteiger partial charge < -0.3 is 29.3 Å². The van der Waals surface area contributed by atoms with Crippen LogP contribution in [0.3, 0.4) is 0 Å². The second kappa shape index (κ2) is 11.0. The summed E-state index contributed by atoms with van der Waals surface area (Å²) in [6.45, 7) is 5.61. The Morgan fingerprint density at radius 2 is 1.75 bits per heavy atom. The molecule has 1 unspecified atom stereocenters. The van der Waals surface area contributed by atoms with Crippen LogP contribution in [0.25, 0.3) is 0 Å². The first-order chi connectivity index (χ1) is 17.0. The third-order valence-corrected chi connectivity index (χ3v) is 5.66. The molecule has 0 bridgehead atoms. The van der Waals surface area contributed by atoms with Gasteiger partial charge >= 0.3 is 11.3 Å². The first-order valence-corrected chi connectivity index (χ1v) is 11.0. The van der Waals surface area contributed by atoms with E-state index in [9.17, 15) is 34.7 Å². The van der Waals surface area contributed by atoms with Crippen LogP contribution < -0.4 is 27.3 Å². The molecule has 1 saturated heterocycles. The molecule has 0 spiro atoms. The second-order valence-corrected chi connectivity index (χ2v) is 8.13. The molecule has 192 valence electrons. The van der Waals surface area contributed by atoms with Crippen molar-refractivity contribution in [3.63, 3.8) is 0 Å². The molecule has 13 heteroatoms. The lowest BCUT2D eigenvalue weighted by Gasteiger charge is -2.25. The van der Waals surface area contributed by atoms with E-state index in [4.69, 9.17) is 9.15 Å². The SMILES string of the molecule is C1COCC[NH2+]1.Cc1cc(O)c(C(c2cccc([N+](=O)[O-])c2)c2c([O-])n(C)c(=O)n(C)c2=O)c(=O)o1. The molecule has 1 aromatic carbocycles. The zero-order valence-corrected chi connectivity index (χ0v) is 19.9. The first kappa shape index (κ1) is 26.4. The third kappa shape index (κ3) is 5.37. The molecule has 3 N–H and O–H groups in total. The smallest absolute Gasteiger partial charge is 0.343 e. The Bertz CT molecular complexity index is 1440. The van der Waals surface area contributed by atoms with Crippen molar-refractivity contribution in [3.05, 3.63) is 94.2 Å². The van der Waals surface area contributed by atoms with Crippen LogP contribution in [0.15, 0.2) is 49.1 Å². The van der Waals surface area contributed by atoms with Crippen LogP contribution >= 0.6 is 0 Å². The average molecular weight is 502 g/mol. The van der Waals surface area contributed by atoms with Gasteiger partial charge in [-0.1, -0.05) is 12.1 Å². The van der Waals surface area contributed by atoms with Crippen LogP contribution in [-0.2, 0) is 18.8 Å².